The summed E-state index contributed by atoms with van der Waals surface area (Å²) in [7, 11) is 0. The molecule has 2 aromatic carbocycles. The van der Waals surface area contributed by atoms with Gasteiger partial charge in [0.1, 0.15) is 17.0 Å². The maximum absolute atomic E-state index is 10.6. The molecule has 0 fully saturated rings. The highest BCUT2D eigenvalue weighted by Gasteiger charge is 2.13. The molecule has 150 valence electrons. The van der Waals surface area contributed by atoms with Gasteiger partial charge in [-0.15, -0.1) is 0 Å². The Balaban J connectivity index is 0.000000207. The van der Waals surface area contributed by atoms with Crippen LogP contribution in [-0.4, -0.2) is 39.1 Å². The first kappa shape index (κ1) is 21.8. The first-order chi connectivity index (χ1) is 14.0. The second kappa shape index (κ2) is 10.8. The minimum Gasteiger partial charge on any atom is -0.494 e. The largest absolute Gasteiger partial charge is 0.494 e. The Morgan fingerprint density at radius 3 is 2.59 bits per heavy atom. The van der Waals surface area contributed by atoms with Gasteiger partial charge in [-0.25, -0.2) is 14.2 Å². The van der Waals surface area contributed by atoms with E-state index in [0.717, 1.165) is 23.3 Å². The molecule has 0 aromatic heterocycles. The number of benzene rings is 2. The van der Waals surface area contributed by atoms with E-state index in [0.29, 0.717) is 29.9 Å². The van der Waals surface area contributed by atoms with Crippen molar-refractivity contribution in [2.45, 2.75) is 20.3 Å². The van der Waals surface area contributed by atoms with Crippen molar-refractivity contribution >= 4 is 40.3 Å². The molecule has 1 aliphatic heterocycles. The molecule has 0 radical (unpaired) electrons. The fourth-order valence-electron chi connectivity index (χ4n) is 2.41. The summed E-state index contributed by atoms with van der Waals surface area (Å²) in [6.07, 6.45) is 2.92. The van der Waals surface area contributed by atoms with Crippen LogP contribution in [0.25, 0.3) is 0 Å². The minimum absolute atomic E-state index is 0.0357. The number of carbonyl (C=O) groups is 1. The summed E-state index contributed by atoms with van der Waals surface area (Å²) in [5, 5.41) is 10.8. The number of ether oxygens (including phenoxy) is 1. The molecule has 3 rings (SSSR count). The lowest BCUT2D eigenvalue weighted by atomic mass is 10.1. The zero-order valence-corrected chi connectivity index (χ0v) is 16.7. The molecule has 0 saturated carbocycles. The number of aldehydes is 1. The van der Waals surface area contributed by atoms with Crippen LogP contribution in [0.2, 0.25) is 0 Å². The summed E-state index contributed by atoms with van der Waals surface area (Å²) in [5.41, 5.74) is 2.76. The fraction of sp³-hybridized carbons (Fsp3) is 0.200. The summed E-state index contributed by atoms with van der Waals surface area (Å²) >= 11 is 0.318. The highest BCUT2D eigenvalue weighted by molar-refractivity contribution is 7.66. The van der Waals surface area contributed by atoms with Gasteiger partial charge < -0.3 is 4.74 Å². The quantitative estimate of drug-likeness (QED) is 0.312. The molecule has 0 unspecified atom stereocenters. The number of aryl methyl sites for hydroxylation is 1. The van der Waals surface area contributed by atoms with E-state index in [1.807, 2.05) is 38.1 Å². The minimum atomic E-state index is -0.590. The van der Waals surface area contributed by atoms with Crippen molar-refractivity contribution in [1.82, 2.24) is 0 Å². The molecule has 9 heteroatoms. The fourth-order valence-corrected chi connectivity index (χ4v) is 2.64. The number of nitro groups is 1. The van der Waals surface area contributed by atoms with Crippen LogP contribution in [0.1, 0.15) is 34.8 Å². The van der Waals surface area contributed by atoms with Gasteiger partial charge in [0, 0.05) is 11.6 Å². The first-order valence-electron chi connectivity index (χ1n) is 8.72. The van der Waals surface area contributed by atoms with Gasteiger partial charge in [0.05, 0.1) is 29.0 Å². The summed E-state index contributed by atoms with van der Waals surface area (Å²) in [5.74, 6) is 0.476. The van der Waals surface area contributed by atoms with Crippen molar-refractivity contribution < 1.29 is 18.7 Å². The molecule has 2 aromatic rings. The summed E-state index contributed by atoms with van der Waals surface area (Å²) in [4.78, 5) is 28.5. The Kier molecular flexibility index (Phi) is 8.11. The van der Waals surface area contributed by atoms with Crippen molar-refractivity contribution in [1.29, 1.82) is 0 Å². The molecule has 0 N–H and O–H groups in total. The van der Waals surface area contributed by atoms with Gasteiger partial charge in [-0.05, 0) is 31.0 Å². The third-order valence-electron chi connectivity index (χ3n) is 3.80. The van der Waals surface area contributed by atoms with Crippen LogP contribution in [0.5, 0.6) is 5.75 Å². The van der Waals surface area contributed by atoms with Crippen LogP contribution in [0.3, 0.4) is 0 Å². The Hall–Kier alpha value is -3.46. The molecule has 0 saturated heterocycles. The van der Waals surface area contributed by atoms with Crippen molar-refractivity contribution in [3.05, 3.63) is 69.3 Å². The second-order valence-electron chi connectivity index (χ2n) is 5.88. The highest BCUT2D eigenvalue weighted by atomic mass is 32.1. The van der Waals surface area contributed by atoms with E-state index in [1.54, 1.807) is 6.21 Å². The van der Waals surface area contributed by atoms with Gasteiger partial charge in [-0.2, -0.15) is 0 Å². The smallest absolute Gasteiger partial charge is 0.280 e. The second-order valence-corrected chi connectivity index (χ2v) is 6.41. The Labute approximate surface area is 171 Å². The van der Waals surface area contributed by atoms with E-state index in [9.17, 15) is 19.1 Å². The topological polar surface area (TPSA) is 111 Å². The molecular formula is C20H19N3O5S. The standard InChI is InChI=1S/C10H8N2OS.C10H11NO4/c1-7-4-2-3-5-8(7)9-6-11-10(12-9)14-13;1-2-5-15-9-3-4-10(11(13)14)8(6-9)7-12/h2-6H,1H3;3-4,6-7H,2,5H2,1H3. The molecule has 0 aliphatic carbocycles. The zero-order valence-electron chi connectivity index (χ0n) is 15.9. The lowest BCUT2D eigenvalue weighted by Gasteiger charge is -2.04. The SMILES string of the molecule is CCCOc1ccc([N+](=O)[O-])c(C=O)c1.Cc1ccccc1C1=NC(=S=O)N=C1. The van der Waals surface area contributed by atoms with Crippen LogP contribution in [0.15, 0.2) is 52.4 Å². The van der Waals surface area contributed by atoms with Gasteiger partial charge in [-0.3, -0.25) is 14.9 Å². The van der Waals surface area contributed by atoms with Gasteiger partial charge in [0.15, 0.2) is 6.29 Å². The Morgan fingerprint density at radius 1 is 1.24 bits per heavy atom. The van der Waals surface area contributed by atoms with E-state index >= 15 is 0 Å². The summed E-state index contributed by atoms with van der Waals surface area (Å²) in [6.45, 7) is 4.48. The van der Waals surface area contributed by atoms with Crippen LogP contribution < -0.4 is 4.74 Å². The lowest BCUT2D eigenvalue weighted by Crippen LogP contribution is -2.01. The number of nitro benzene ring substituents is 1. The van der Waals surface area contributed by atoms with Crippen molar-refractivity contribution in [2.75, 3.05) is 6.61 Å². The molecule has 0 amide bonds. The number of carbonyl (C=O) groups excluding carboxylic acids is 1. The monoisotopic (exact) mass is 413 g/mol. The normalized spacial score (nSPS) is 11.9. The van der Waals surface area contributed by atoms with Crippen molar-refractivity contribution in [2.24, 2.45) is 9.98 Å². The van der Waals surface area contributed by atoms with E-state index in [4.69, 9.17) is 4.74 Å². The molecule has 1 aliphatic rings. The van der Waals surface area contributed by atoms with E-state index in [-0.39, 0.29) is 16.4 Å². The number of nitrogens with zero attached hydrogens (tertiary/aromatic N) is 3. The average molecular weight is 413 g/mol. The van der Waals surface area contributed by atoms with Gasteiger partial charge in [-0.1, -0.05) is 31.2 Å². The van der Waals surface area contributed by atoms with Crippen molar-refractivity contribution in [3.63, 3.8) is 0 Å². The zero-order chi connectivity index (χ0) is 21.2. The van der Waals surface area contributed by atoms with Gasteiger partial charge in [0.25, 0.3) is 5.69 Å². The first-order valence-corrected chi connectivity index (χ1v) is 9.46. The predicted molar refractivity (Wildman–Crippen MR) is 114 cm³/mol. The van der Waals surface area contributed by atoms with E-state index in [1.165, 1.54) is 18.2 Å². The third-order valence-corrected chi connectivity index (χ3v) is 4.15. The summed E-state index contributed by atoms with van der Waals surface area (Å²) < 4.78 is 15.7. The third kappa shape index (κ3) is 6.01. The number of hydrogen-bond donors (Lipinski definition) is 0. The molecule has 1 heterocycles. The number of hydrogen-bond acceptors (Lipinski definition) is 5. The molecule has 0 bridgehead atoms. The van der Waals surface area contributed by atoms with Crippen LogP contribution in [0, 0.1) is 17.0 Å². The van der Waals surface area contributed by atoms with Crippen LogP contribution in [-0.2, 0) is 11.3 Å². The Morgan fingerprint density at radius 2 is 2.00 bits per heavy atom. The van der Waals surface area contributed by atoms with E-state index in [2.05, 4.69) is 9.98 Å². The highest BCUT2D eigenvalue weighted by Crippen LogP contribution is 2.22. The molecule has 8 nitrogen and oxygen atoms in total. The van der Waals surface area contributed by atoms with Gasteiger partial charge in [0.2, 0.25) is 5.11 Å². The maximum atomic E-state index is 10.6. The lowest BCUT2D eigenvalue weighted by molar-refractivity contribution is -0.385. The Bertz CT molecular complexity index is 1030. The van der Waals surface area contributed by atoms with Crippen LogP contribution in [0.4, 0.5) is 5.69 Å². The number of rotatable bonds is 6. The molecule has 0 spiro atoms. The summed E-state index contributed by atoms with van der Waals surface area (Å²) in [6, 6.07) is 12.0. The van der Waals surface area contributed by atoms with Crippen LogP contribution >= 0.6 is 0 Å². The van der Waals surface area contributed by atoms with Gasteiger partial charge >= 0.3 is 0 Å². The molecule has 0 atom stereocenters. The average Bonchev–Trinajstić information content (AvgIpc) is 3.21. The van der Waals surface area contributed by atoms with E-state index < -0.39 is 4.92 Å². The molecular weight excluding hydrogens is 394 g/mol. The number of aliphatic imine (C=N–C) groups is 2. The molecule has 29 heavy (non-hydrogen) atoms. The maximum Gasteiger partial charge on any atom is 0.280 e. The van der Waals surface area contributed by atoms with Crippen molar-refractivity contribution in [3.8, 4) is 5.75 Å². The predicted octanol–water partition coefficient (Wildman–Crippen LogP) is 3.37.